The molecule has 312 valence electrons. The molecule has 0 aliphatic heterocycles. The SMILES string of the molecule is CC(C)c1cc2c(-c3ccc(C45CC6CC(CC(C6)C4)C5)cc3)cccc2[cH-]1.C[Si](C)=[Zr+2].Cc1cc2c(-c3ccc(C45CC6CC(CC(C6)C4)C5)cc3)cccc2[cH-]1.[Cl-].[Cl-]. The van der Waals surface area contributed by atoms with E-state index in [9.17, 15) is 0 Å². The van der Waals surface area contributed by atoms with Crippen molar-refractivity contribution < 1.29 is 48.1 Å². The van der Waals surface area contributed by atoms with Gasteiger partial charge in [0.2, 0.25) is 0 Å². The van der Waals surface area contributed by atoms with Crippen LogP contribution in [0.1, 0.15) is 119 Å². The Morgan fingerprint density at radius 1 is 0.533 bits per heavy atom. The monoisotopic (exact) mass is 924 g/mol. The van der Waals surface area contributed by atoms with Crippen LogP contribution in [0.15, 0.2) is 109 Å². The standard InChI is InChI=1S/C28H31.C26H27.C2H6Si.2ClH.Zr/c1-18(2)24-13-23-4-3-5-26(27(23)14-24)22-6-8-25(9-7-22)28-15-19-10-20(16-28)12-21(11-19)17-28;1-17-9-22-3-2-4-24(25(22)10-17)21-5-7-23(8-6-21)26-14-18-11-19(15-26)13-20(12-18)16-26;1-3-2;;;/h3-9,13-14,18-21H,10-12,15-17H2,1-2H3;2-10,18-20H,11-16H2,1H3;1-2H3;2*1H;/q2*-1;;;;+2/p-2. The number of hydrogen-bond donors (Lipinski definition) is 0. The van der Waals surface area contributed by atoms with Crippen molar-refractivity contribution in [1.29, 1.82) is 0 Å². The normalized spacial score (nSPS) is 29.1. The molecule has 8 bridgehead atoms. The summed E-state index contributed by atoms with van der Waals surface area (Å²) in [5, 5.41) is 5.55. The Balaban J connectivity index is 0.000000149. The number of aryl methyl sites for hydroxylation is 1. The first kappa shape index (κ1) is 44.4. The van der Waals surface area contributed by atoms with Gasteiger partial charge in [0, 0.05) is 0 Å². The van der Waals surface area contributed by atoms with E-state index in [-0.39, 0.29) is 30.2 Å². The average molecular weight is 927 g/mol. The van der Waals surface area contributed by atoms with Crippen LogP contribution < -0.4 is 24.8 Å². The molecule has 8 aliphatic carbocycles. The zero-order valence-corrected chi connectivity index (χ0v) is 41.6. The summed E-state index contributed by atoms with van der Waals surface area (Å²) in [5.74, 6) is 6.67. The number of benzene rings is 4. The van der Waals surface area contributed by atoms with E-state index in [0.29, 0.717) is 16.7 Å². The minimum Gasteiger partial charge on any atom is -1.00 e. The second-order valence-electron chi connectivity index (χ2n) is 21.1. The molecule has 8 saturated carbocycles. The molecule has 0 spiro atoms. The summed E-state index contributed by atoms with van der Waals surface area (Å²) in [5.41, 5.74) is 12.8. The molecule has 0 saturated heterocycles. The van der Waals surface area contributed by atoms with Gasteiger partial charge in [0.1, 0.15) is 0 Å². The van der Waals surface area contributed by atoms with E-state index in [2.05, 4.69) is 143 Å². The van der Waals surface area contributed by atoms with E-state index in [1.165, 1.54) is 132 Å². The molecule has 6 aromatic carbocycles. The summed E-state index contributed by atoms with van der Waals surface area (Å²) in [6.07, 6.45) is 17.9. The second kappa shape index (κ2) is 17.7. The van der Waals surface area contributed by atoms with E-state index in [4.69, 9.17) is 0 Å². The predicted molar refractivity (Wildman–Crippen MR) is 246 cm³/mol. The molecule has 6 aromatic rings. The van der Waals surface area contributed by atoms with Gasteiger partial charge in [-0.15, -0.1) is 69.1 Å². The Morgan fingerprint density at radius 2 is 0.883 bits per heavy atom. The van der Waals surface area contributed by atoms with Gasteiger partial charge in [-0.3, -0.25) is 0 Å². The van der Waals surface area contributed by atoms with Crippen molar-refractivity contribution in [3.63, 3.8) is 0 Å². The molecular weight excluding hydrogens is 863 g/mol. The number of halogens is 2. The molecule has 0 unspecified atom stereocenters. The number of hydrogen-bond acceptors (Lipinski definition) is 0. The molecule has 0 heterocycles. The van der Waals surface area contributed by atoms with Gasteiger partial charge in [-0.1, -0.05) is 92.6 Å². The van der Waals surface area contributed by atoms with Gasteiger partial charge in [0.15, 0.2) is 0 Å². The molecule has 14 rings (SSSR count). The Hall–Kier alpha value is -2.22. The van der Waals surface area contributed by atoms with Crippen molar-refractivity contribution in [2.45, 2.75) is 128 Å². The Kier molecular flexibility index (Phi) is 13.1. The molecule has 0 aromatic heterocycles. The molecule has 0 atom stereocenters. The summed E-state index contributed by atoms with van der Waals surface area (Å²) in [4.78, 5) is 0. The van der Waals surface area contributed by atoms with Crippen molar-refractivity contribution in [2.75, 3.05) is 0 Å². The van der Waals surface area contributed by atoms with Crippen LogP contribution >= 0.6 is 0 Å². The van der Waals surface area contributed by atoms with Crippen LogP contribution in [0.25, 0.3) is 43.8 Å². The Morgan fingerprint density at radius 3 is 1.25 bits per heavy atom. The van der Waals surface area contributed by atoms with Gasteiger partial charge in [-0.05, 0) is 152 Å². The minimum absolute atomic E-state index is 0. The maximum Gasteiger partial charge on any atom is -0.00391 e. The van der Waals surface area contributed by atoms with Crippen LogP contribution in [0.4, 0.5) is 0 Å². The van der Waals surface area contributed by atoms with Crippen molar-refractivity contribution in [1.82, 2.24) is 0 Å². The van der Waals surface area contributed by atoms with Crippen LogP contribution in [0.2, 0.25) is 13.1 Å². The molecule has 0 N–H and O–H groups in total. The summed E-state index contributed by atoms with van der Waals surface area (Å²) in [6.45, 7) is 11.4. The third-order valence-corrected chi connectivity index (χ3v) is 16.0. The van der Waals surface area contributed by atoms with E-state index in [1.54, 1.807) is 34.5 Å². The van der Waals surface area contributed by atoms with Gasteiger partial charge in [-0.25, -0.2) is 0 Å². The van der Waals surface area contributed by atoms with E-state index >= 15 is 0 Å². The number of fused-ring (bicyclic) bond motifs is 2. The first-order valence-corrected chi connectivity index (χ1v) is 29.3. The minimum atomic E-state index is 0. The van der Waals surface area contributed by atoms with Crippen LogP contribution in [-0.4, -0.2) is 5.43 Å². The smallest absolute Gasteiger partial charge is 0.00391 e. The average Bonchev–Trinajstić information content (AvgIpc) is 3.81. The largest absolute Gasteiger partial charge is 1.00 e. The van der Waals surface area contributed by atoms with Gasteiger partial charge >= 0.3 is 41.9 Å². The van der Waals surface area contributed by atoms with Crippen molar-refractivity contribution in [3.8, 4) is 22.3 Å². The van der Waals surface area contributed by atoms with Crippen molar-refractivity contribution in [2.24, 2.45) is 35.5 Å². The predicted octanol–water partition coefficient (Wildman–Crippen LogP) is 9.61. The van der Waals surface area contributed by atoms with Gasteiger partial charge in [0.25, 0.3) is 0 Å². The maximum atomic E-state index is 2.48. The molecule has 8 aliphatic rings. The fraction of sp³-hybridized carbons (Fsp3) is 0.464. The molecule has 0 radical (unpaired) electrons. The molecule has 0 nitrogen and oxygen atoms in total. The Bertz CT molecular complexity index is 2370. The third-order valence-electron chi connectivity index (χ3n) is 16.0. The Labute approximate surface area is 389 Å². The molecule has 0 amide bonds. The molecular formula is C56H64Cl2SiZr-2. The van der Waals surface area contributed by atoms with Crippen LogP contribution in [0, 0.1) is 42.4 Å². The fourth-order valence-corrected chi connectivity index (χ4v) is 14.4. The summed E-state index contributed by atoms with van der Waals surface area (Å²) < 4.78 is 0. The van der Waals surface area contributed by atoms with Gasteiger partial charge in [-0.2, -0.15) is 12.1 Å². The first-order chi connectivity index (χ1) is 28.0. The zero-order chi connectivity index (χ0) is 39.8. The van der Waals surface area contributed by atoms with Crippen LogP contribution in [0.3, 0.4) is 0 Å². The van der Waals surface area contributed by atoms with E-state index in [0.717, 1.165) is 35.5 Å². The number of rotatable bonds is 5. The molecule has 60 heavy (non-hydrogen) atoms. The molecule has 8 fully saturated rings. The van der Waals surface area contributed by atoms with Crippen molar-refractivity contribution in [3.05, 3.63) is 131 Å². The zero-order valence-electron chi connectivity index (χ0n) is 36.7. The van der Waals surface area contributed by atoms with Crippen molar-refractivity contribution >= 4 is 27.0 Å². The first-order valence-electron chi connectivity index (χ1n) is 23.1. The van der Waals surface area contributed by atoms with Gasteiger partial charge in [0.05, 0.1) is 0 Å². The summed E-state index contributed by atoms with van der Waals surface area (Å²) in [6, 6.07) is 42.4. The quantitative estimate of drug-likeness (QED) is 0.120. The van der Waals surface area contributed by atoms with Crippen LogP contribution in [0.5, 0.6) is 0 Å². The van der Waals surface area contributed by atoms with E-state index in [1.807, 2.05) is 0 Å². The van der Waals surface area contributed by atoms with Gasteiger partial charge < -0.3 is 24.8 Å². The summed E-state index contributed by atoms with van der Waals surface area (Å²) in [7, 11) is 0. The topological polar surface area (TPSA) is 0 Å². The maximum absolute atomic E-state index is 2.48. The fourth-order valence-electron chi connectivity index (χ4n) is 14.4. The molecule has 4 heteroatoms. The van der Waals surface area contributed by atoms with Crippen LogP contribution in [-0.2, 0) is 34.2 Å². The third kappa shape index (κ3) is 8.57. The van der Waals surface area contributed by atoms with E-state index < -0.39 is 0 Å². The summed E-state index contributed by atoms with van der Waals surface area (Å²) >= 11 is 1.74. The second-order valence-corrected chi connectivity index (χ2v) is 30.5.